The highest BCUT2D eigenvalue weighted by atomic mass is 35.5. The number of nitrogens with zero attached hydrogens (tertiary/aromatic N) is 2. The van der Waals surface area contributed by atoms with Gasteiger partial charge in [0.25, 0.3) is 5.91 Å². The molecule has 0 fully saturated rings. The number of rotatable bonds is 4. The predicted octanol–water partition coefficient (Wildman–Crippen LogP) is 2.38. The Bertz CT molecular complexity index is 617. The normalized spacial score (nSPS) is 10.2. The van der Waals surface area contributed by atoms with E-state index in [1.54, 1.807) is 13.2 Å². The monoisotopic (exact) mass is 291 g/mol. The molecule has 0 bridgehead atoms. The summed E-state index contributed by atoms with van der Waals surface area (Å²) in [5, 5.41) is 3.37. The standard InChI is InChI=1S/C14H14ClN3O2/c1-9-5-11(15)6-10(13(9)20-2)7-18-14(19)12-8-16-3-4-17-12/h3-6,8H,7H2,1-2H3,(H,18,19). The molecule has 1 N–H and O–H groups in total. The number of benzene rings is 1. The first-order chi connectivity index (χ1) is 9.61. The van der Waals surface area contributed by atoms with E-state index in [1.807, 2.05) is 13.0 Å². The van der Waals surface area contributed by atoms with Crippen LogP contribution in [0.3, 0.4) is 0 Å². The molecule has 6 heteroatoms. The summed E-state index contributed by atoms with van der Waals surface area (Å²) in [6.07, 6.45) is 4.40. The van der Waals surface area contributed by atoms with Gasteiger partial charge in [0.1, 0.15) is 11.4 Å². The molecule has 1 heterocycles. The fraction of sp³-hybridized carbons (Fsp3) is 0.214. The molecule has 1 aromatic carbocycles. The number of ether oxygens (including phenoxy) is 1. The van der Waals surface area contributed by atoms with Gasteiger partial charge in [-0.05, 0) is 24.6 Å². The summed E-state index contributed by atoms with van der Waals surface area (Å²) in [6.45, 7) is 2.21. The summed E-state index contributed by atoms with van der Waals surface area (Å²) in [6, 6.07) is 3.58. The van der Waals surface area contributed by atoms with E-state index < -0.39 is 0 Å². The third-order valence-corrected chi connectivity index (χ3v) is 2.97. The average molecular weight is 292 g/mol. The van der Waals surface area contributed by atoms with E-state index in [1.165, 1.54) is 18.6 Å². The number of carbonyl (C=O) groups excluding carboxylic acids is 1. The smallest absolute Gasteiger partial charge is 0.271 e. The molecule has 5 nitrogen and oxygen atoms in total. The number of hydrogen-bond donors (Lipinski definition) is 1. The van der Waals surface area contributed by atoms with Gasteiger partial charge in [-0.2, -0.15) is 0 Å². The van der Waals surface area contributed by atoms with Crippen LogP contribution in [0.25, 0.3) is 0 Å². The second-order valence-electron chi connectivity index (χ2n) is 4.19. The lowest BCUT2D eigenvalue weighted by molar-refractivity contribution is 0.0945. The van der Waals surface area contributed by atoms with E-state index >= 15 is 0 Å². The van der Waals surface area contributed by atoms with Crippen molar-refractivity contribution in [3.63, 3.8) is 0 Å². The molecule has 2 rings (SSSR count). The van der Waals surface area contributed by atoms with Crippen LogP contribution in [-0.2, 0) is 6.54 Å². The summed E-state index contributed by atoms with van der Waals surface area (Å²) in [5.41, 5.74) is 2.00. The molecule has 0 spiro atoms. The third-order valence-electron chi connectivity index (χ3n) is 2.76. The molecule has 0 saturated carbocycles. The van der Waals surface area contributed by atoms with Crippen molar-refractivity contribution in [1.29, 1.82) is 0 Å². The Balaban J connectivity index is 2.13. The molecule has 2 aromatic rings. The number of aryl methyl sites for hydroxylation is 1. The lowest BCUT2D eigenvalue weighted by atomic mass is 10.1. The van der Waals surface area contributed by atoms with E-state index in [0.717, 1.165) is 11.1 Å². The zero-order valence-corrected chi connectivity index (χ0v) is 11.9. The number of carbonyl (C=O) groups is 1. The van der Waals surface area contributed by atoms with Gasteiger partial charge in [-0.1, -0.05) is 11.6 Å². The maximum absolute atomic E-state index is 11.9. The second-order valence-corrected chi connectivity index (χ2v) is 4.62. The van der Waals surface area contributed by atoms with Gasteiger partial charge < -0.3 is 10.1 Å². The van der Waals surface area contributed by atoms with Gasteiger partial charge >= 0.3 is 0 Å². The predicted molar refractivity (Wildman–Crippen MR) is 75.9 cm³/mol. The molecule has 0 aliphatic carbocycles. The summed E-state index contributed by atoms with van der Waals surface area (Å²) < 4.78 is 5.33. The first kappa shape index (κ1) is 14.3. The third kappa shape index (κ3) is 3.24. The fourth-order valence-electron chi connectivity index (χ4n) is 1.91. The van der Waals surface area contributed by atoms with Crippen molar-refractivity contribution in [3.05, 3.63) is 52.6 Å². The minimum absolute atomic E-state index is 0.269. The Morgan fingerprint density at radius 2 is 2.20 bits per heavy atom. The van der Waals surface area contributed by atoms with E-state index in [-0.39, 0.29) is 11.6 Å². The van der Waals surface area contributed by atoms with Crippen LogP contribution >= 0.6 is 11.6 Å². The maximum Gasteiger partial charge on any atom is 0.271 e. The number of halogens is 1. The second kappa shape index (κ2) is 6.34. The first-order valence-corrected chi connectivity index (χ1v) is 6.37. The van der Waals surface area contributed by atoms with Gasteiger partial charge in [-0.15, -0.1) is 0 Å². The minimum atomic E-state index is -0.294. The average Bonchev–Trinajstić information content (AvgIpc) is 2.45. The van der Waals surface area contributed by atoms with E-state index in [4.69, 9.17) is 16.3 Å². The van der Waals surface area contributed by atoms with Crippen LogP contribution in [0.15, 0.2) is 30.7 Å². The lowest BCUT2D eigenvalue weighted by Crippen LogP contribution is -2.24. The number of aromatic nitrogens is 2. The van der Waals surface area contributed by atoms with Crippen LogP contribution in [0.1, 0.15) is 21.6 Å². The van der Waals surface area contributed by atoms with Crippen molar-refractivity contribution < 1.29 is 9.53 Å². The van der Waals surface area contributed by atoms with Crippen molar-refractivity contribution >= 4 is 17.5 Å². The van der Waals surface area contributed by atoms with Gasteiger partial charge in [-0.25, -0.2) is 4.98 Å². The number of nitrogens with one attached hydrogen (secondary N) is 1. The Labute approximate surface area is 122 Å². The van der Waals surface area contributed by atoms with Gasteiger partial charge in [0.2, 0.25) is 0 Å². The van der Waals surface area contributed by atoms with Gasteiger partial charge in [0.05, 0.1) is 13.3 Å². The molecule has 0 unspecified atom stereocenters. The molecule has 1 aromatic heterocycles. The maximum atomic E-state index is 11.9. The molecule has 0 aliphatic heterocycles. The Kier molecular flexibility index (Phi) is 4.53. The van der Waals surface area contributed by atoms with E-state index in [2.05, 4.69) is 15.3 Å². The molecule has 0 atom stereocenters. The molecule has 20 heavy (non-hydrogen) atoms. The van der Waals surface area contributed by atoms with Crippen molar-refractivity contribution in [2.45, 2.75) is 13.5 Å². The Morgan fingerprint density at radius 1 is 1.40 bits per heavy atom. The highest BCUT2D eigenvalue weighted by Gasteiger charge is 2.11. The lowest BCUT2D eigenvalue weighted by Gasteiger charge is -2.12. The summed E-state index contributed by atoms with van der Waals surface area (Å²) in [7, 11) is 1.59. The highest BCUT2D eigenvalue weighted by molar-refractivity contribution is 6.30. The quantitative estimate of drug-likeness (QED) is 0.939. The van der Waals surface area contributed by atoms with Crippen molar-refractivity contribution in [2.75, 3.05) is 7.11 Å². The number of methoxy groups -OCH3 is 1. The molecule has 1 amide bonds. The summed E-state index contributed by atoms with van der Waals surface area (Å²) >= 11 is 6.02. The molecule has 0 aliphatic rings. The van der Waals surface area contributed by atoms with Crippen LogP contribution in [0.2, 0.25) is 5.02 Å². The topological polar surface area (TPSA) is 64.1 Å². The Morgan fingerprint density at radius 3 is 2.85 bits per heavy atom. The Hall–Kier alpha value is -2.14. The molecule has 104 valence electrons. The zero-order chi connectivity index (χ0) is 14.5. The van der Waals surface area contributed by atoms with Gasteiger partial charge in [0.15, 0.2) is 0 Å². The van der Waals surface area contributed by atoms with E-state index in [9.17, 15) is 4.79 Å². The zero-order valence-electron chi connectivity index (χ0n) is 11.2. The minimum Gasteiger partial charge on any atom is -0.496 e. The fourth-order valence-corrected chi connectivity index (χ4v) is 2.20. The van der Waals surface area contributed by atoms with Crippen LogP contribution in [0.4, 0.5) is 0 Å². The van der Waals surface area contributed by atoms with Crippen molar-refractivity contribution in [2.24, 2.45) is 0 Å². The van der Waals surface area contributed by atoms with Crippen LogP contribution in [-0.4, -0.2) is 23.0 Å². The van der Waals surface area contributed by atoms with Gasteiger partial charge in [0, 0.05) is 29.5 Å². The number of amides is 1. The summed E-state index contributed by atoms with van der Waals surface area (Å²) in [4.78, 5) is 19.7. The molecular formula is C14H14ClN3O2. The molecular weight excluding hydrogens is 278 g/mol. The SMILES string of the molecule is COc1c(C)cc(Cl)cc1CNC(=O)c1cnccn1. The van der Waals surface area contributed by atoms with Crippen molar-refractivity contribution in [1.82, 2.24) is 15.3 Å². The molecule has 0 radical (unpaired) electrons. The van der Waals surface area contributed by atoms with Crippen LogP contribution in [0.5, 0.6) is 5.75 Å². The van der Waals surface area contributed by atoms with Gasteiger partial charge in [-0.3, -0.25) is 9.78 Å². The van der Waals surface area contributed by atoms with E-state index in [0.29, 0.717) is 17.3 Å². The largest absolute Gasteiger partial charge is 0.496 e. The van der Waals surface area contributed by atoms with Crippen LogP contribution < -0.4 is 10.1 Å². The first-order valence-electron chi connectivity index (χ1n) is 5.99. The number of hydrogen-bond acceptors (Lipinski definition) is 4. The molecule has 0 saturated heterocycles. The van der Waals surface area contributed by atoms with Crippen LogP contribution in [0, 0.1) is 6.92 Å². The highest BCUT2D eigenvalue weighted by Crippen LogP contribution is 2.27. The summed E-state index contributed by atoms with van der Waals surface area (Å²) in [5.74, 6) is 0.423. The van der Waals surface area contributed by atoms with Crippen molar-refractivity contribution in [3.8, 4) is 5.75 Å².